The first-order valence-corrected chi connectivity index (χ1v) is 10.1. The Morgan fingerprint density at radius 2 is 1.90 bits per heavy atom. The highest BCUT2D eigenvalue weighted by atomic mass is 32.2. The van der Waals surface area contributed by atoms with Crippen LogP contribution in [-0.2, 0) is 19.6 Å². The fourth-order valence-corrected chi connectivity index (χ4v) is 3.72. The second-order valence-corrected chi connectivity index (χ2v) is 7.49. The third-order valence-corrected chi connectivity index (χ3v) is 5.15. The molecule has 0 saturated carbocycles. The fraction of sp³-hybridized carbons (Fsp3) is 0.200. The number of aryl methyl sites for hydroxylation is 1. The topological polar surface area (TPSA) is 118 Å². The van der Waals surface area contributed by atoms with Gasteiger partial charge < -0.3 is 14.8 Å². The van der Waals surface area contributed by atoms with E-state index in [0.29, 0.717) is 5.69 Å². The number of esters is 1. The van der Waals surface area contributed by atoms with E-state index in [-0.39, 0.29) is 28.5 Å². The number of hydrogen-bond acceptors (Lipinski definition) is 7. The normalized spacial score (nSPS) is 11.3. The van der Waals surface area contributed by atoms with E-state index in [1.807, 2.05) is 0 Å². The van der Waals surface area contributed by atoms with E-state index in [1.165, 1.54) is 19.4 Å². The lowest BCUT2D eigenvalue weighted by atomic mass is 10.2. The third-order valence-electron chi connectivity index (χ3n) is 3.77. The molecule has 152 valence electrons. The number of carbonyl (C=O) groups excluding carboxylic acids is 1. The van der Waals surface area contributed by atoms with E-state index < -0.39 is 16.0 Å². The molecule has 2 N–H and O–H groups in total. The first-order chi connectivity index (χ1) is 13.8. The van der Waals surface area contributed by atoms with Gasteiger partial charge in [0.2, 0.25) is 0 Å². The number of nitriles is 1. The molecular weight excluding hydrogens is 394 g/mol. The standard InChI is InChI=1S/C20H21N3O5S/c1-4-28-20(24)15(12-21)13-22-16-7-5-6-8-17(16)23-29(25,26)19-11-14(2)9-10-18(19)27-3/h5-11,13,22-23H,4H2,1-3H3/b15-13+. The summed E-state index contributed by atoms with van der Waals surface area (Å²) in [6, 6.07) is 13.0. The van der Waals surface area contributed by atoms with Crippen LogP contribution in [0.1, 0.15) is 12.5 Å². The number of anilines is 2. The summed E-state index contributed by atoms with van der Waals surface area (Å²) in [5, 5.41) is 11.9. The van der Waals surface area contributed by atoms with Crippen LogP contribution in [0, 0.1) is 18.3 Å². The molecule has 0 saturated heterocycles. The minimum absolute atomic E-state index is 0.00502. The molecule has 0 spiro atoms. The maximum Gasteiger partial charge on any atom is 0.350 e. The van der Waals surface area contributed by atoms with Gasteiger partial charge in [0.05, 0.1) is 25.1 Å². The molecule has 29 heavy (non-hydrogen) atoms. The van der Waals surface area contributed by atoms with Crippen LogP contribution in [0.2, 0.25) is 0 Å². The minimum Gasteiger partial charge on any atom is -0.495 e. The summed E-state index contributed by atoms with van der Waals surface area (Å²) >= 11 is 0. The SMILES string of the molecule is CCOC(=O)/C(C#N)=C/Nc1ccccc1NS(=O)(=O)c1cc(C)ccc1OC. The Balaban J connectivity index is 2.35. The zero-order valence-electron chi connectivity index (χ0n) is 16.2. The number of methoxy groups -OCH3 is 1. The number of ether oxygens (including phenoxy) is 2. The van der Waals surface area contributed by atoms with Crippen LogP contribution in [0.5, 0.6) is 5.75 Å². The Bertz CT molecular complexity index is 1070. The van der Waals surface area contributed by atoms with Gasteiger partial charge in [0.25, 0.3) is 10.0 Å². The Morgan fingerprint density at radius 1 is 1.21 bits per heavy atom. The highest BCUT2D eigenvalue weighted by Crippen LogP contribution is 2.29. The van der Waals surface area contributed by atoms with Gasteiger partial charge in [-0.25, -0.2) is 13.2 Å². The Labute approximate surface area is 169 Å². The number of hydrogen-bond donors (Lipinski definition) is 2. The molecule has 0 radical (unpaired) electrons. The van der Waals surface area contributed by atoms with Crippen molar-refractivity contribution in [3.63, 3.8) is 0 Å². The van der Waals surface area contributed by atoms with Gasteiger partial charge in [-0.2, -0.15) is 5.26 Å². The predicted octanol–water partition coefficient (Wildman–Crippen LogP) is 3.19. The Kier molecular flexibility index (Phi) is 7.22. The summed E-state index contributed by atoms with van der Waals surface area (Å²) in [5.74, 6) is -0.562. The summed E-state index contributed by atoms with van der Waals surface area (Å²) in [4.78, 5) is 11.7. The van der Waals surface area contributed by atoms with Crippen molar-refractivity contribution in [3.8, 4) is 11.8 Å². The molecular formula is C20H21N3O5S. The van der Waals surface area contributed by atoms with Gasteiger partial charge in [0.1, 0.15) is 16.7 Å². The molecule has 2 aromatic carbocycles. The molecule has 0 aliphatic rings. The van der Waals surface area contributed by atoms with Crippen LogP contribution in [-0.4, -0.2) is 28.1 Å². The minimum atomic E-state index is -3.96. The van der Waals surface area contributed by atoms with E-state index >= 15 is 0 Å². The molecule has 2 aromatic rings. The molecule has 0 unspecified atom stereocenters. The van der Waals surface area contributed by atoms with Crippen molar-refractivity contribution < 1.29 is 22.7 Å². The monoisotopic (exact) mass is 415 g/mol. The lowest BCUT2D eigenvalue weighted by Crippen LogP contribution is -2.15. The summed E-state index contributed by atoms with van der Waals surface area (Å²) in [6.07, 6.45) is 1.17. The van der Waals surface area contributed by atoms with E-state index in [9.17, 15) is 13.2 Å². The largest absolute Gasteiger partial charge is 0.495 e. The highest BCUT2D eigenvalue weighted by molar-refractivity contribution is 7.92. The molecule has 0 aliphatic carbocycles. The third kappa shape index (κ3) is 5.49. The van der Waals surface area contributed by atoms with Gasteiger partial charge in [-0.05, 0) is 43.7 Å². The number of nitrogens with zero attached hydrogens (tertiary/aromatic N) is 1. The molecule has 0 fully saturated rings. The Hall–Kier alpha value is -3.51. The average molecular weight is 415 g/mol. The molecule has 0 heterocycles. The zero-order chi connectivity index (χ0) is 21.4. The quantitative estimate of drug-likeness (QED) is 0.386. The summed E-state index contributed by atoms with van der Waals surface area (Å²) in [6.45, 7) is 3.54. The zero-order valence-corrected chi connectivity index (χ0v) is 17.0. The van der Waals surface area contributed by atoms with Gasteiger partial charge in [0.15, 0.2) is 5.57 Å². The molecule has 0 aliphatic heterocycles. The number of nitrogens with one attached hydrogen (secondary N) is 2. The number of carbonyl (C=O) groups is 1. The maximum atomic E-state index is 12.9. The van der Waals surface area contributed by atoms with Crippen LogP contribution in [0.25, 0.3) is 0 Å². The van der Waals surface area contributed by atoms with Crippen molar-refractivity contribution in [1.82, 2.24) is 0 Å². The number of rotatable bonds is 8. The van der Waals surface area contributed by atoms with Crippen LogP contribution >= 0.6 is 0 Å². The number of para-hydroxylation sites is 2. The van der Waals surface area contributed by atoms with Crippen LogP contribution in [0.15, 0.2) is 59.1 Å². The predicted molar refractivity (Wildman–Crippen MR) is 109 cm³/mol. The summed E-state index contributed by atoms with van der Waals surface area (Å²) < 4.78 is 38.3. The van der Waals surface area contributed by atoms with Gasteiger partial charge in [-0.1, -0.05) is 18.2 Å². The van der Waals surface area contributed by atoms with Crippen molar-refractivity contribution in [2.45, 2.75) is 18.7 Å². The van der Waals surface area contributed by atoms with Crippen molar-refractivity contribution >= 4 is 27.4 Å². The van der Waals surface area contributed by atoms with Crippen LogP contribution in [0.3, 0.4) is 0 Å². The second kappa shape index (κ2) is 9.61. The van der Waals surface area contributed by atoms with Crippen molar-refractivity contribution in [2.75, 3.05) is 23.8 Å². The first-order valence-electron chi connectivity index (χ1n) is 8.62. The smallest absolute Gasteiger partial charge is 0.350 e. The Morgan fingerprint density at radius 3 is 2.52 bits per heavy atom. The van der Waals surface area contributed by atoms with E-state index in [2.05, 4.69) is 10.0 Å². The van der Waals surface area contributed by atoms with Gasteiger partial charge in [-0.15, -0.1) is 0 Å². The molecule has 0 aromatic heterocycles. The average Bonchev–Trinajstić information content (AvgIpc) is 2.69. The molecule has 0 atom stereocenters. The van der Waals surface area contributed by atoms with Crippen molar-refractivity contribution in [2.24, 2.45) is 0 Å². The first kappa shape index (κ1) is 21.8. The number of sulfonamides is 1. The van der Waals surface area contributed by atoms with Crippen molar-refractivity contribution in [1.29, 1.82) is 5.26 Å². The molecule has 0 amide bonds. The lowest BCUT2D eigenvalue weighted by Gasteiger charge is -2.15. The van der Waals surface area contributed by atoms with Gasteiger partial charge >= 0.3 is 5.97 Å². The molecule has 2 rings (SSSR count). The van der Waals surface area contributed by atoms with Crippen LogP contribution in [0.4, 0.5) is 11.4 Å². The highest BCUT2D eigenvalue weighted by Gasteiger charge is 2.21. The second-order valence-electron chi connectivity index (χ2n) is 5.84. The fourth-order valence-electron chi connectivity index (χ4n) is 2.39. The maximum absolute atomic E-state index is 12.9. The molecule has 0 bridgehead atoms. The number of benzene rings is 2. The molecule has 8 nitrogen and oxygen atoms in total. The van der Waals surface area contributed by atoms with E-state index in [4.69, 9.17) is 14.7 Å². The van der Waals surface area contributed by atoms with E-state index in [1.54, 1.807) is 56.3 Å². The molecule has 9 heteroatoms. The van der Waals surface area contributed by atoms with Crippen LogP contribution < -0.4 is 14.8 Å². The summed E-state index contributed by atoms with van der Waals surface area (Å²) in [7, 11) is -2.57. The lowest BCUT2D eigenvalue weighted by molar-refractivity contribution is -0.138. The van der Waals surface area contributed by atoms with Crippen molar-refractivity contribution in [3.05, 3.63) is 59.8 Å². The van der Waals surface area contributed by atoms with Gasteiger partial charge in [0, 0.05) is 6.20 Å². The van der Waals surface area contributed by atoms with E-state index in [0.717, 1.165) is 5.56 Å². The van der Waals surface area contributed by atoms with Gasteiger partial charge in [-0.3, -0.25) is 4.72 Å². The summed E-state index contributed by atoms with van der Waals surface area (Å²) in [5.41, 5.74) is 1.09.